The number of nitrogens with one attached hydrogen (secondary N) is 2. The summed E-state index contributed by atoms with van der Waals surface area (Å²) in [6.07, 6.45) is 0.501. The van der Waals surface area contributed by atoms with Crippen LogP contribution in [0.4, 0.5) is 5.13 Å². The number of carbonyl (C=O) groups excluding carboxylic acids is 1. The highest BCUT2D eigenvalue weighted by atomic mass is 32.2. The topological polar surface area (TPSA) is 66.9 Å². The number of aromatic nitrogens is 2. The lowest BCUT2D eigenvalue weighted by Gasteiger charge is -2.22. The van der Waals surface area contributed by atoms with Crippen LogP contribution >= 0.6 is 34.4 Å². The largest absolute Gasteiger partial charge is 0.312 e. The summed E-state index contributed by atoms with van der Waals surface area (Å²) in [6.45, 7) is 4.96. The van der Waals surface area contributed by atoms with Crippen molar-refractivity contribution in [1.29, 1.82) is 0 Å². The number of thioether (sulfide) groups is 1. The Morgan fingerprint density at radius 3 is 3.00 bits per heavy atom. The van der Waals surface area contributed by atoms with Crippen molar-refractivity contribution in [2.75, 3.05) is 23.4 Å². The number of nitrogens with zero attached hydrogens (tertiary/aromatic N) is 2. The second kappa shape index (κ2) is 7.08. The quantitative estimate of drug-likeness (QED) is 0.884. The van der Waals surface area contributed by atoms with Crippen molar-refractivity contribution in [3.63, 3.8) is 0 Å². The van der Waals surface area contributed by atoms with Gasteiger partial charge in [-0.15, -0.1) is 22.7 Å². The van der Waals surface area contributed by atoms with Crippen molar-refractivity contribution < 1.29 is 4.79 Å². The normalized spacial score (nSPS) is 18.4. The van der Waals surface area contributed by atoms with E-state index in [1.807, 2.05) is 31.0 Å². The maximum atomic E-state index is 12.1. The molecule has 8 heteroatoms. The minimum Gasteiger partial charge on any atom is -0.312 e. The summed E-state index contributed by atoms with van der Waals surface area (Å²) >= 11 is 4.99. The smallest absolute Gasteiger partial charge is 0.227 e. The summed E-state index contributed by atoms with van der Waals surface area (Å²) in [5, 5.41) is 9.95. The number of anilines is 1. The summed E-state index contributed by atoms with van der Waals surface area (Å²) in [5.74, 6) is 2.15. The maximum absolute atomic E-state index is 12.1. The molecule has 3 heterocycles. The first-order valence-electron chi connectivity index (χ1n) is 7.12. The third-order valence-electron chi connectivity index (χ3n) is 3.32. The molecule has 0 saturated carbocycles. The van der Waals surface area contributed by atoms with Crippen LogP contribution in [0.5, 0.6) is 0 Å². The van der Waals surface area contributed by atoms with E-state index in [1.165, 1.54) is 11.3 Å². The molecule has 0 radical (unpaired) electrons. The Hall–Kier alpha value is -0.960. The number of rotatable bonds is 4. The molecule has 2 aromatic heterocycles. The van der Waals surface area contributed by atoms with Crippen LogP contribution in [0.1, 0.15) is 17.1 Å². The van der Waals surface area contributed by atoms with Crippen LogP contribution in [0.3, 0.4) is 0 Å². The highest BCUT2D eigenvalue weighted by Crippen LogP contribution is 2.32. The van der Waals surface area contributed by atoms with Crippen molar-refractivity contribution >= 4 is 45.5 Å². The third-order valence-corrected chi connectivity index (χ3v) is 6.30. The van der Waals surface area contributed by atoms with Gasteiger partial charge in [-0.3, -0.25) is 4.79 Å². The monoisotopic (exact) mass is 354 g/mol. The highest BCUT2D eigenvalue weighted by Gasteiger charge is 2.18. The molecule has 1 atom stereocenters. The molecule has 0 bridgehead atoms. The van der Waals surface area contributed by atoms with Crippen molar-refractivity contribution in [3.05, 3.63) is 16.1 Å². The summed E-state index contributed by atoms with van der Waals surface area (Å²) in [5.41, 5.74) is 1.89. The number of hydrogen-bond acceptors (Lipinski definition) is 7. The van der Waals surface area contributed by atoms with E-state index in [0.717, 1.165) is 39.3 Å². The van der Waals surface area contributed by atoms with E-state index in [4.69, 9.17) is 0 Å². The molecule has 0 aliphatic carbocycles. The summed E-state index contributed by atoms with van der Waals surface area (Å²) < 4.78 is 0. The van der Waals surface area contributed by atoms with Gasteiger partial charge in [0.15, 0.2) is 5.13 Å². The first-order valence-corrected chi connectivity index (χ1v) is 9.98. The highest BCUT2D eigenvalue weighted by molar-refractivity contribution is 7.99. The van der Waals surface area contributed by atoms with Gasteiger partial charge in [-0.05, 0) is 13.8 Å². The molecule has 1 amide bonds. The Balaban J connectivity index is 1.61. The van der Waals surface area contributed by atoms with Gasteiger partial charge >= 0.3 is 0 Å². The molecule has 1 unspecified atom stereocenters. The minimum absolute atomic E-state index is 0.0260. The van der Waals surface area contributed by atoms with E-state index in [0.29, 0.717) is 11.6 Å². The number of amides is 1. The van der Waals surface area contributed by atoms with E-state index >= 15 is 0 Å². The molecule has 0 spiro atoms. The van der Waals surface area contributed by atoms with Gasteiger partial charge in [0.2, 0.25) is 5.91 Å². The zero-order valence-electron chi connectivity index (χ0n) is 12.5. The molecule has 3 rings (SSSR count). The Morgan fingerprint density at radius 1 is 1.45 bits per heavy atom. The van der Waals surface area contributed by atoms with Crippen LogP contribution in [0.25, 0.3) is 10.6 Å². The molecule has 1 saturated heterocycles. The second-order valence-corrected chi connectivity index (χ2v) is 8.37. The standard InChI is InChI=1S/C14H18N4OS3/c1-8-13(22-9(2)16-8)11-7-21-14(17-11)18-12(19)5-10-6-20-4-3-15-10/h7,10,15H,3-6H2,1-2H3,(H,17,18,19). The summed E-state index contributed by atoms with van der Waals surface area (Å²) in [4.78, 5) is 22.1. The molecule has 1 aliphatic heterocycles. The molecular weight excluding hydrogens is 336 g/mol. The first-order chi connectivity index (χ1) is 10.6. The maximum Gasteiger partial charge on any atom is 0.227 e. The van der Waals surface area contributed by atoms with Gasteiger partial charge in [0.25, 0.3) is 0 Å². The van der Waals surface area contributed by atoms with Crippen LogP contribution in [-0.4, -0.2) is 40.0 Å². The fourth-order valence-electron chi connectivity index (χ4n) is 2.35. The summed E-state index contributed by atoms with van der Waals surface area (Å²) in [6, 6.07) is 0.268. The molecular formula is C14H18N4OS3. The first kappa shape index (κ1) is 15.9. The molecule has 1 aliphatic rings. The number of carbonyl (C=O) groups is 1. The lowest BCUT2D eigenvalue weighted by molar-refractivity contribution is -0.116. The van der Waals surface area contributed by atoms with Crippen molar-refractivity contribution in [2.24, 2.45) is 0 Å². The summed E-state index contributed by atoms with van der Waals surface area (Å²) in [7, 11) is 0. The Labute approximate surface area is 142 Å². The van der Waals surface area contributed by atoms with Crippen LogP contribution < -0.4 is 10.6 Å². The Morgan fingerprint density at radius 2 is 2.32 bits per heavy atom. The molecule has 1 fully saturated rings. The van der Waals surface area contributed by atoms with Gasteiger partial charge in [-0.25, -0.2) is 9.97 Å². The third kappa shape index (κ3) is 3.87. The number of thiazole rings is 2. The predicted octanol–water partition coefficient (Wildman–Crippen LogP) is 2.92. The number of hydrogen-bond donors (Lipinski definition) is 2. The van der Waals surface area contributed by atoms with Gasteiger partial charge < -0.3 is 10.6 Å². The lowest BCUT2D eigenvalue weighted by Crippen LogP contribution is -2.39. The van der Waals surface area contributed by atoms with E-state index in [-0.39, 0.29) is 11.9 Å². The SMILES string of the molecule is Cc1nc(C)c(-c2csc(NC(=O)CC3CSCCN3)n2)s1. The minimum atomic E-state index is 0.0260. The number of aryl methyl sites for hydroxylation is 2. The van der Waals surface area contributed by atoms with Gasteiger partial charge in [0.1, 0.15) is 0 Å². The van der Waals surface area contributed by atoms with E-state index in [1.54, 1.807) is 11.3 Å². The average molecular weight is 355 g/mol. The fraction of sp³-hybridized carbons (Fsp3) is 0.500. The van der Waals surface area contributed by atoms with Gasteiger partial charge in [0, 0.05) is 35.9 Å². The van der Waals surface area contributed by atoms with Crippen LogP contribution in [0.15, 0.2) is 5.38 Å². The predicted molar refractivity (Wildman–Crippen MR) is 95.1 cm³/mol. The Kier molecular flexibility index (Phi) is 5.12. The van der Waals surface area contributed by atoms with Crippen molar-refractivity contribution in [1.82, 2.24) is 15.3 Å². The average Bonchev–Trinajstić information content (AvgIpc) is 3.06. The van der Waals surface area contributed by atoms with E-state index in [9.17, 15) is 4.79 Å². The lowest BCUT2D eigenvalue weighted by atomic mass is 10.2. The molecule has 0 aromatic carbocycles. The molecule has 2 aromatic rings. The second-order valence-electron chi connectivity index (χ2n) is 5.16. The Bertz CT molecular complexity index is 661. The molecule has 2 N–H and O–H groups in total. The van der Waals surface area contributed by atoms with Gasteiger partial charge in [-0.1, -0.05) is 0 Å². The fourth-order valence-corrected chi connectivity index (χ4v) is 4.97. The zero-order chi connectivity index (χ0) is 15.5. The molecule has 22 heavy (non-hydrogen) atoms. The van der Waals surface area contributed by atoms with Gasteiger partial charge in [-0.2, -0.15) is 11.8 Å². The zero-order valence-corrected chi connectivity index (χ0v) is 15.0. The van der Waals surface area contributed by atoms with E-state index < -0.39 is 0 Å². The van der Waals surface area contributed by atoms with Gasteiger partial charge in [0.05, 0.1) is 21.3 Å². The molecule has 5 nitrogen and oxygen atoms in total. The van der Waals surface area contributed by atoms with Crippen LogP contribution in [-0.2, 0) is 4.79 Å². The van der Waals surface area contributed by atoms with Crippen molar-refractivity contribution in [2.45, 2.75) is 26.3 Å². The van der Waals surface area contributed by atoms with E-state index in [2.05, 4.69) is 20.6 Å². The molecule has 118 valence electrons. The van der Waals surface area contributed by atoms with Crippen molar-refractivity contribution in [3.8, 4) is 10.6 Å². The van der Waals surface area contributed by atoms with Crippen LogP contribution in [0.2, 0.25) is 0 Å². The van der Waals surface area contributed by atoms with Crippen LogP contribution in [0, 0.1) is 13.8 Å².